The molecule has 0 aliphatic rings. The first-order valence-electron chi connectivity index (χ1n) is 6.73. The molecule has 3 aromatic carbocycles. The fourth-order valence-corrected chi connectivity index (χ4v) is 2.33. The van der Waals surface area contributed by atoms with Crippen molar-refractivity contribution in [3.63, 3.8) is 0 Å². The Morgan fingerprint density at radius 3 is 2.33 bits per heavy atom. The molecule has 2 nitrogen and oxygen atoms in total. The molecule has 21 heavy (non-hydrogen) atoms. The number of rotatable bonds is 3. The summed E-state index contributed by atoms with van der Waals surface area (Å²) in [6.45, 7) is 0. The number of fused-ring (bicyclic) bond motifs is 1. The van der Waals surface area contributed by atoms with E-state index in [2.05, 4.69) is 24.3 Å². The molecule has 0 unspecified atom stereocenters. The summed E-state index contributed by atoms with van der Waals surface area (Å²) in [6.07, 6.45) is 3.78. The van der Waals surface area contributed by atoms with Gasteiger partial charge in [-0.3, -0.25) is 0 Å². The van der Waals surface area contributed by atoms with E-state index in [9.17, 15) is 9.90 Å². The van der Waals surface area contributed by atoms with Gasteiger partial charge < -0.3 is 5.11 Å². The van der Waals surface area contributed by atoms with Gasteiger partial charge in [0.15, 0.2) is 0 Å². The molecule has 1 N–H and O–H groups in total. The fourth-order valence-electron chi connectivity index (χ4n) is 2.33. The highest BCUT2D eigenvalue weighted by atomic mass is 16.4. The Balaban J connectivity index is 1.96. The minimum Gasteiger partial charge on any atom is -0.478 e. The van der Waals surface area contributed by atoms with Crippen LogP contribution in [0.15, 0.2) is 66.7 Å². The number of hydrogen-bond acceptors (Lipinski definition) is 1. The van der Waals surface area contributed by atoms with Crippen LogP contribution in [0.2, 0.25) is 0 Å². The summed E-state index contributed by atoms with van der Waals surface area (Å²) in [5.74, 6) is -0.909. The van der Waals surface area contributed by atoms with Gasteiger partial charge in [0.25, 0.3) is 0 Å². The normalized spacial score (nSPS) is 11.0. The summed E-state index contributed by atoms with van der Waals surface area (Å²) in [7, 11) is 0. The van der Waals surface area contributed by atoms with Crippen LogP contribution in [0, 0.1) is 0 Å². The lowest BCUT2D eigenvalue weighted by molar-refractivity contribution is 0.0696. The highest BCUT2D eigenvalue weighted by Gasteiger charge is 2.05. The van der Waals surface area contributed by atoms with Gasteiger partial charge in [-0.1, -0.05) is 66.7 Å². The van der Waals surface area contributed by atoms with Crippen molar-refractivity contribution in [1.29, 1.82) is 0 Å². The maximum Gasteiger partial charge on any atom is 0.336 e. The van der Waals surface area contributed by atoms with Crippen LogP contribution in [-0.2, 0) is 0 Å². The Morgan fingerprint density at radius 2 is 1.52 bits per heavy atom. The second kappa shape index (κ2) is 5.63. The SMILES string of the molecule is O=C(O)c1ccccc1/C=C/c1ccc2ccccc2c1. The molecule has 0 fully saturated rings. The smallest absolute Gasteiger partial charge is 0.336 e. The second-order valence-corrected chi connectivity index (χ2v) is 4.83. The van der Waals surface area contributed by atoms with E-state index in [1.165, 1.54) is 10.8 Å². The highest BCUT2D eigenvalue weighted by molar-refractivity contribution is 5.94. The Hall–Kier alpha value is -2.87. The summed E-state index contributed by atoms with van der Waals surface area (Å²) in [5.41, 5.74) is 2.07. The van der Waals surface area contributed by atoms with Gasteiger partial charge in [-0.05, 0) is 34.0 Å². The van der Waals surface area contributed by atoms with Crippen molar-refractivity contribution >= 4 is 28.9 Å². The third-order valence-corrected chi connectivity index (χ3v) is 3.42. The zero-order valence-corrected chi connectivity index (χ0v) is 11.4. The maximum atomic E-state index is 11.2. The molecule has 0 bridgehead atoms. The summed E-state index contributed by atoms with van der Waals surface area (Å²) in [4.78, 5) is 11.2. The van der Waals surface area contributed by atoms with Crippen molar-refractivity contribution in [2.75, 3.05) is 0 Å². The van der Waals surface area contributed by atoms with Crippen LogP contribution in [0.4, 0.5) is 0 Å². The Bertz CT molecular complexity index is 832. The lowest BCUT2D eigenvalue weighted by Gasteiger charge is -2.01. The second-order valence-electron chi connectivity index (χ2n) is 4.83. The molecule has 3 aromatic rings. The topological polar surface area (TPSA) is 37.3 Å². The summed E-state index contributed by atoms with van der Waals surface area (Å²) < 4.78 is 0. The molecule has 0 atom stereocenters. The van der Waals surface area contributed by atoms with Crippen molar-refractivity contribution in [3.8, 4) is 0 Å². The summed E-state index contributed by atoms with van der Waals surface area (Å²) in [6, 6.07) is 21.3. The zero-order chi connectivity index (χ0) is 14.7. The number of carbonyl (C=O) groups is 1. The minimum atomic E-state index is -0.909. The lowest BCUT2D eigenvalue weighted by Crippen LogP contribution is -1.98. The van der Waals surface area contributed by atoms with Crippen LogP contribution in [0.1, 0.15) is 21.5 Å². The fraction of sp³-hybridized carbons (Fsp3) is 0. The Labute approximate surface area is 123 Å². The lowest BCUT2D eigenvalue weighted by atomic mass is 10.0. The van der Waals surface area contributed by atoms with Crippen LogP contribution >= 0.6 is 0 Å². The van der Waals surface area contributed by atoms with Crippen LogP contribution in [0.25, 0.3) is 22.9 Å². The molecule has 0 aliphatic carbocycles. The molecule has 0 radical (unpaired) electrons. The molecule has 0 aliphatic heterocycles. The summed E-state index contributed by atoms with van der Waals surface area (Å²) in [5, 5.41) is 11.5. The average Bonchev–Trinajstić information content (AvgIpc) is 2.53. The third kappa shape index (κ3) is 2.84. The predicted molar refractivity (Wildman–Crippen MR) is 86.3 cm³/mol. The largest absolute Gasteiger partial charge is 0.478 e. The van der Waals surface area contributed by atoms with Crippen molar-refractivity contribution in [3.05, 3.63) is 83.4 Å². The molecule has 102 valence electrons. The van der Waals surface area contributed by atoms with Crippen molar-refractivity contribution in [1.82, 2.24) is 0 Å². The molecule has 3 rings (SSSR count). The summed E-state index contributed by atoms with van der Waals surface area (Å²) >= 11 is 0. The number of hydrogen-bond donors (Lipinski definition) is 1. The van der Waals surface area contributed by atoms with Crippen molar-refractivity contribution < 1.29 is 9.90 Å². The monoisotopic (exact) mass is 274 g/mol. The third-order valence-electron chi connectivity index (χ3n) is 3.42. The average molecular weight is 274 g/mol. The van der Waals surface area contributed by atoms with E-state index >= 15 is 0 Å². The van der Waals surface area contributed by atoms with Gasteiger partial charge in [0.05, 0.1) is 5.56 Å². The molecule has 0 saturated carbocycles. The van der Waals surface area contributed by atoms with E-state index in [-0.39, 0.29) is 0 Å². The molecular weight excluding hydrogens is 260 g/mol. The number of aromatic carboxylic acids is 1. The van der Waals surface area contributed by atoms with Crippen LogP contribution in [-0.4, -0.2) is 11.1 Å². The van der Waals surface area contributed by atoms with Gasteiger partial charge in [0.1, 0.15) is 0 Å². The quantitative estimate of drug-likeness (QED) is 0.702. The molecule has 0 spiro atoms. The highest BCUT2D eigenvalue weighted by Crippen LogP contribution is 2.18. The van der Waals surface area contributed by atoms with E-state index in [0.29, 0.717) is 11.1 Å². The van der Waals surface area contributed by atoms with Gasteiger partial charge in [0.2, 0.25) is 0 Å². The number of benzene rings is 3. The first-order valence-corrected chi connectivity index (χ1v) is 6.73. The van der Waals surface area contributed by atoms with E-state index in [1.807, 2.05) is 36.4 Å². The predicted octanol–water partition coefficient (Wildman–Crippen LogP) is 4.71. The van der Waals surface area contributed by atoms with Gasteiger partial charge in [-0.15, -0.1) is 0 Å². The number of carboxylic acid groups (broad SMARTS) is 1. The maximum absolute atomic E-state index is 11.2. The van der Waals surface area contributed by atoms with Gasteiger partial charge >= 0.3 is 5.97 Å². The van der Waals surface area contributed by atoms with Gasteiger partial charge in [0, 0.05) is 0 Å². The van der Waals surface area contributed by atoms with Gasteiger partial charge in [-0.25, -0.2) is 4.79 Å². The number of carboxylic acids is 1. The molecule has 0 amide bonds. The van der Waals surface area contributed by atoms with E-state index in [4.69, 9.17) is 0 Å². The zero-order valence-electron chi connectivity index (χ0n) is 11.4. The van der Waals surface area contributed by atoms with Crippen LogP contribution in [0.5, 0.6) is 0 Å². The minimum absolute atomic E-state index is 0.314. The standard InChI is InChI=1S/C19H14O2/c20-19(21)18-8-4-3-6-16(18)12-10-14-9-11-15-5-1-2-7-17(15)13-14/h1-13H,(H,20,21)/b12-10+. The molecule has 0 aromatic heterocycles. The Morgan fingerprint density at radius 1 is 0.810 bits per heavy atom. The van der Waals surface area contributed by atoms with E-state index < -0.39 is 5.97 Å². The van der Waals surface area contributed by atoms with E-state index in [1.54, 1.807) is 18.2 Å². The molecule has 0 heterocycles. The Kier molecular flexibility index (Phi) is 3.52. The van der Waals surface area contributed by atoms with E-state index in [0.717, 1.165) is 5.56 Å². The molecule has 0 saturated heterocycles. The van der Waals surface area contributed by atoms with Crippen molar-refractivity contribution in [2.45, 2.75) is 0 Å². The first-order chi connectivity index (χ1) is 10.2. The van der Waals surface area contributed by atoms with Gasteiger partial charge in [-0.2, -0.15) is 0 Å². The first kappa shape index (κ1) is 13.1. The van der Waals surface area contributed by atoms with Crippen LogP contribution in [0.3, 0.4) is 0 Å². The van der Waals surface area contributed by atoms with Crippen molar-refractivity contribution in [2.24, 2.45) is 0 Å². The molecular formula is C19H14O2. The van der Waals surface area contributed by atoms with Crippen LogP contribution < -0.4 is 0 Å². The molecule has 2 heteroatoms.